The molecule has 0 bridgehead atoms. The van der Waals surface area contributed by atoms with Crippen LogP contribution in [0.2, 0.25) is 5.02 Å². The van der Waals surface area contributed by atoms with Crippen LogP contribution in [0.4, 0.5) is 13.2 Å². The fraction of sp³-hybridized carbons (Fsp3) is 0.615. The zero-order valence-corrected chi connectivity index (χ0v) is 13.0. The first kappa shape index (κ1) is 17.6. The first-order valence-electron chi connectivity index (χ1n) is 6.47. The number of nitrogens with one attached hydrogen (secondary N) is 1. The summed E-state index contributed by atoms with van der Waals surface area (Å²) in [5.74, 6) is 0.717. The van der Waals surface area contributed by atoms with Crippen LogP contribution in [0, 0.1) is 0 Å². The molecule has 0 aliphatic rings. The molecule has 1 heterocycles. The van der Waals surface area contributed by atoms with Gasteiger partial charge in [-0.05, 0) is 18.9 Å². The standard InChI is InChI=1S/C13H18ClF3N2S/c1-3-10(4-2)18-5-6-20-12-11(14)7-9(8-19-12)13(15,16)17/h7-8,10,18H,3-6H2,1-2H3. The number of halogens is 4. The maximum absolute atomic E-state index is 12.5. The van der Waals surface area contributed by atoms with E-state index in [0.29, 0.717) is 16.8 Å². The predicted octanol–water partition coefficient (Wildman–Crippen LogP) is 4.62. The lowest BCUT2D eigenvalue weighted by Crippen LogP contribution is -2.29. The van der Waals surface area contributed by atoms with E-state index < -0.39 is 11.7 Å². The highest BCUT2D eigenvalue weighted by Gasteiger charge is 2.31. The summed E-state index contributed by atoms with van der Waals surface area (Å²) in [7, 11) is 0. The van der Waals surface area contributed by atoms with Gasteiger partial charge in [0.05, 0.1) is 10.6 Å². The Kier molecular flexibility index (Phi) is 7.12. The maximum atomic E-state index is 12.5. The highest BCUT2D eigenvalue weighted by molar-refractivity contribution is 7.99. The van der Waals surface area contributed by atoms with Crippen LogP contribution in [0.5, 0.6) is 0 Å². The Balaban J connectivity index is 2.49. The molecule has 0 aromatic carbocycles. The molecule has 1 N–H and O–H groups in total. The molecule has 0 unspecified atom stereocenters. The van der Waals surface area contributed by atoms with Gasteiger partial charge in [-0.25, -0.2) is 4.98 Å². The zero-order chi connectivity index (χ0) is 15.2. The number of rotatable bonds is 7. The fourth-order valence-electron chi connectivity index (χ4n) is 1.67. The summed E-state index contributed by atoms with van der Waals surface area (Å²) >= 11 is 7.18. The lowest BCUT2D eigenvalue weighted by atomic mass is 10.2. The summed E-state index contributed by atoms with van der Waals surface area (Å²) < 4.78 is 37.4. The van der Waals surface area contributed by atoms with Gasteiger partial charge in [-0.2, -0.15) is 13.2 Å². The van der Waals surface area contributed by atoms with E-state index in [2.05, 4.69) is 24.1 Å². The minimum atomic E-state index is -4.41. The zero-order valence-electron chi connectivity index (χ0n) is 11.4. The number of hydrogen-bond acceptors (Lipinski definition) is 3. The van der Waals surface area contributed by atoms with Crippen LogP contribution in [-0.4, -0.2) is 23.3 Å². The maximum Gasteiger partial charge on any atom is 0.417 e. The second-order valence-electron chi connectivity index (χ2n) is 4.32. The van der Waals surface area contributed by atoms with Crippen molar-refractivity contribution in [2.45, 2.75) is 43.9 Å². The third kappa shape index (κ3) is 5.50. The molecule has 20 heavy (non-hydrogen) atoms. The van der Waals surface area contributed by atoms with Gasteiger partial charge >= 0.3 is 6.18 Å². The molecule has 1 rings (SSSR count). The predicted molar refractivity (Wildman–Crippen MR) is 77.3 cm³/mol. The number of thioether (sulfide) groups is 1. The molecule has 0 fully saturated rings. The average Bonchev–Trinajstić information content (AvgIpc) is 2.39. The molecular weight excluding hydrogens is 309 g/mol. The number of alkyl halides is 3. The van der Waals surface area contributed by atoms with E-state index >= 15 is 0 Å². The highest BCUT2D eigenvalue weighted by Crippen LogP contribution is 2.33. The molecule has 1 aromatic rings. The highest BCUT2D eigenvalue weighted by atomic mass is 35.5. The van der Waals surface area contributed by atoms with Crippen LogP contribution in [0.15, 0.2) is 17.3 Å². The third-order valence-corrected chi connectivity index (χ3v) is 4.30. The minimum Gasteiger partial charge on any atom is -0.313 e. The largest absolute Gasteiger partial charge is 0.417 e. The molecule has 0 aliphatic carbocycles. The van der Waals surface area contributed by atoms with Crippen molar-refractivity contribution in [1.29, 1.82) is 0 Å². The second-order valence-corrected chi connectivity index (χ2v) is 5.82. The van der Waals surface area contributed by atoms with E-state index in [1.54, 1.807) is 0 Å². The van der Waals surface area contributed by atoms with Crippen LogP contribution in [0.1, 0.15) is 32.3 Å². The first-order valence-corrected chi connectivity index (χ1v) is 7.83. The van der Waals surface area contributed by atoms with Crippen LogP contribution in [-0.2, 0) is 6.18 Å². The van der Waals surface area contributed by atoms with Crippen molar-refractivity contribution in [3.8, 4) is 0 Å². The lowest BCUT2D eigenvalue weighted by molar-refractivity contribution is -0.137. The quantitative estimate of drug-likeness (QED) is 0.584. The van der Waals surface area contributed by atoms with Crippen LogP contribution in [0.3, 0.4) is 0 Å². The first-order chi connectivity index (χ1) is 9.38. The van der Waals surface area contributed by atoms with Crippen molar-refractivity contribution in [3.05, 3.63) is 22.8 Å². The van der Waals surface area contributed by atoms with Crippen molar-refractivity contribution in [2.75, 3.05) is 12.3 Å². The Morgan fingerprint density at radius 1 is 1.35 bits per heavy atom. The van der Waals surface area contributed by atoms with Gasteiger partial charge in [0.2, 0.25) is 0 Å². The molecular formula is C13H18ClF3N2S. The van der Waals surface area contributed by atoms with Crippen molar-refractivity contribution >= 4 is 23.4 Å². The summed E-state index contributed by atoms with van der Waals surface area (Å²) in [5, 5.41) is 3.86. The Morgan fingerprint density at radius 3 is 2.50 bits per heavy atom. The van der Waals surface area contributed by atoms with E-state index in [9.17, 15) is 13.2 Å². The Labute approximate surface area is 126 Å². The van der Waals surface area contributed by atoms with Gasteiger partial charge in [0.1, 0.15) is 5.03 Å². The van der Waals surface area contributed by atoms with Crippen molar-refractivity contribution in [3.63, 3.8) is 0 Å². The van der Waals surface area contributed by atoms with E-state index in [4.69, 9.17) is 11.6 Å². The van der Waals surface area contributed by atoms with E-state index in [1.807, 2.05) is 0 Å². The van der Waals surface area contributed by atoms with Crippen LogP contribution >= 0.6 is 23.4 Å². The van der Waals surface area contributed by atoms with E-state index in [1.165, 1.54) is 11.8 Å². The molecule has 114 valence electrons. The summed E-state index contributed by atoms with van der Waals surface area (Å²) in [6, 6.07) is 1.40. The van der Waals surface area contributed by atoms with Gasteiger partial charge in [0, 0.05) is 24.5 Å². The molecule has 0 aliphatic heterocycles. The summed E-state index contributed by atoms with van der Waals surface area (Å²) in [6.45, 7) is 5.00. The molecule has 7 heteroatoms. The smallest absolute Gasteiger partial charge is 0.313 e. The van der Waals surface area contributed by atoms with Gasteiger partial charge in [0.25, 0.3) is 0 Å². The molecule has 2 nitrogen and oxygen atoms in total. The van der Waals surface area contributed by atoms with Crippen molar-refractivity contribution in [2.24, 2.45) is 0 Å². The topological polar surface area (TPSA) is 24.9 Å². The molecule has 0 amide bonds. The molecule has 1 aromatic heterocycles. The van der Waals surface area contributed by atoms with E-state index in [0.717, 1.165) is 31.6 Å². The van der Waals surface area contributed by atoms with Crippen LogP contribution < -0.4 is 5.32 Å². The molecule has 0 radical (unpaired) electrons. The van der Waals surface area contributed by atoms with Crippen molar-refractivity contribution < 1.29 is 13.2 Å². The SMILES string of the molecule is CCC(CC)NCCSc1ncc(C(F)(F)F)cc1Cl. The monoisotopic (exact) mass is 326 g/mol. The van der Waals surface area contributed by atoms with Crippen LogP contribution in [0.25, 0.3) is 0 Å². The second kappa shape index (κ2) is 8.10. The van der Waals surface area contributed by atoms with Crippen molar-refractivity contribution in [1.82, 2.24) is 10.3 Å². The van der Waals surface area contributed by atoms with Gasteiger partial charge in [-0.1, -0.05) is 25.4 Å². The third-order valence-electron chi connectivity index (χ3n) is 2.89. The molecule has 0 atom stereocenters. The van der Waals surface area contributed by atoms with Gasteiger partial charge in [-0.15, -0.1) is 11.8 Å². The minimum absolute atomic E-state index is 0.0485. The number of pyridine rings is 1. The average molecular weight is 327 g/mol. The van der Waals surface area contributed by atoms with Gasteiger partial charge in [-0.3, -0.25) is 0 Å². The fourth-order valence-corrected chi connectivity index (χ4v) is 2.74. The number of aromatic nitrogens is 1. The summed E-state index contributed by atoms with van der Waals surface area (Å²) in [6.07, 6.45) is -1.47. The molecule has 0 saturated heterocycles. The Bertz CT molecular complexity index is 423. The molecule has 0 spiro atoms. The normalized spacial score (nSPS) is 12.2. The number of nitrogens with zero attached hydrogens (tertiary/aromatic N) is 1. The van der Waals surface area contributed by atoms with Gasteiger partial charge < -0.3 is 5.32 Å². The molecule has 0 saturated carbocycles. The number of hydrogen-bond donors (Lipinski definition) is 1. The van der Waals surface area contributed by atoms with Gasteiger partial charge in [0.15, 0.2) is 0 Å². The summed E-state index contributed by atoms with van der Waals surface area (Å²) in [4.78, 5) is 3.78. The Hall–Kier alpha value is -0.460. The van der Waals surface area contributed by atoms with E-state index in [-0.39, 0.29) is 5.02 Å². The summed E-state index contributed by atoms with van der Waals surface area (Å²) in [5.41, 5.74) is -0.818. The Morgan fingerprint density at radius 2 is 2.00 bits per heavy atom. The lowest BCUT2D eigenvalue weighted by Gasteiger charge is -2.14.